The van der Waals surface area contributed by atoms with E-state index in [9.17, 15) is 14.4 Å². The molecule has 8 heteroatoms. The highest BCUT2D eigenvalue weighted by Gasteiger charge is 2.19. The van der Waals surface area contributed by atoms with Crippen molar-refractivity contribution in [2.45, 2.75) is 32.9 Å². The summed E-state index contributed by atoms with van der Waals surface area (Å²) in [4.78, 5) is 37.7. The lowest BCUT2D eigenvalue weighted by Crippen LogP contribution is -2.49. The number of primary amides is 1. The van der Waals surface area contributed by atoms with E-state index in [2.05, 4.69) is 15.6 Å². The molecule has 0 aromatic carbocycles. The third-order valence-corrected chi connectivity index (χ3v) is 3.82. The number of pyridine rings is 1. The van der Waals surface area contributed by atoms with Crippen LogP contribution in [-0.4, -0.2) is 35.0 Å². The van der Waals surface area contributed by atoms with Crippen molar-refractivity contribution >= 4 is 23.7 Å². The first-order chi connectivity index (χ1) is 10.3. The van der Waals surface area contributed by atoms with E-state index < -0.39 is 12.1 Å². The predicted molar refractivity (Wildman–Crippen MR) is 87.9 cm³/mol. The van der Waals surface area contributed by atoms with Gasteiger partial charge in [0.1, 0.15) is 6.04 Å². The van der Waals surface area contributed by atoms with Crippen LogP contribution < -0.4 is 21.9 Å². The van der Waals surface area contributed by atoms with E-state index in [0.717, 1.165) is 11.3 Å². The lowest BCUT2D eigenvalue weighted by molar-refractivity contribution is -0.123. The van der Waals surface area contributed by atoms with Gasteiger partial charge in [-0.1, -0.05) is 0 Å². The lowest BCUT2D eigenvalue weighted by Gasteiger charge is -2.17. The van der Waals surface area contributed by atoms with Crippen molar-refractivity contribution in [2.24, 2.45) is 5.73 Å². The van der Waals surface area contributed by atoms with Gasteiger partial charge in [0.05, 0.1) is 0 Å². The van der Waals surface area contributed by atoms with Crippen LogP contribution >= 0.6 is 11.8 Å². The molecule has 0 saturated heterocycles. The number of aromatic amines is 1. The molecule has 1 heterocycles. The van der Waals surface area contributed by atoms with Gasteiger partial charge < -0.3 is 21.4 Å². The van der Waals surface area contributed by atoms with Crippen LogP contribution in [0.15, 0.2) is 10.9 Å². The molecule has 122 valence electrons. The molecule has 1 aromatic heterocycles. The molecule has 3 amide bonds. The van der Waals surface area contributed by atoms with Crippen LogP contribution in [0.3, 0.4) is 0 Å². The Labute approximate surface area is 133 Å². The molecule has 0 aliphatic carbocycles. The molecule has 0 aliphatic heterocycles. The summed E-state index contributed by atoms with van der Waals surface area (Å²) in [5.74, 6) is 0.356. The number of H-pyrrole nitrogens is 1. The van der Waals surface area contributed by atoms with Crippen LogP contribution in [0.1, 0.15) is 23.2 Å². The largest absolute Gasteiger partial charge is 0.352 e. The minimum absolute atomic E-state index is 0.108. The molecule has 22 heavy (non-hydrogen) atoms. The summed E-state index contributed by atoms with van der Waals surface area (Å²) in [6.07, 6.45) is 2.38. The van der Waals surface area contributed by atoms with E-state index in [1.54, 1.807) is 18.7 Å². The molecular formula is C14H22N4O3S. The van der Waals surface area contributed by atoms with Gasteiger partial charge in [0.15, 0.2) is 0 Å². The van der Waals surface area contributed by atoms with Crippen molar-refractivity contribution in [3.8, 4) is 0 Å². The third kappa shape index (κ3) is 5.44. The number of amides is 3. The number of urea groups is 1. The van der Waals surface area contributed by atoms with Crippen LogP contribution in [0.25, 0.3) is 0 Å². The Morgan fingerprint density at radius 2 is 2.09 bits per heavy atom. The summed E-state index contributed by atoms with van der Waals surface area (Å²) >= 11 is 1.57. The van der Waals surface area contributed by atoms with Gasteiger partial charge in [-0.05, 0) is 43.9 Å². The van der Waals surface area contributed by atoms with Crippen molar-refractivity contribution in [1.29, 1.82) is 0 Å². The summed E-state index contributed by atoms with van der Waals surface area (Å²) in [6.45, 7) is 3.72. The summed E-state index contributed by atoms with van der Waals surface area (Å²) in [5.41, 5.74) is 6.94. The van der Waals surface area contributed by atoms with E-state index >= 15 is 0 Å². The summed E-state index contributed by atoms with van der Waals surface area (Å²) in [7, 11) is 0. The number of carbonyl (C=O) groups is 2. The Balaban J connectivity index is 2.74. The molecule has 0 aliphatic rings. The van der Waals surface area contributed by atoms with Crippen LogP contribution in [0.2, 0.25) is 0 Å². The van der Waals surface area contributed by atoms with Crippen molar-refractivity contribution < 1.29 is 9.59 Å². The molecule has 1 aromatic rings. The molecule has 7 nitrogen and oxygen atoms in total. The number of aromatic nitrogens is 1. The van der Waals surface area contributed by atoms with Crippen LogP contribution in [0, 0.1) is 13.8 Å². The molecule has 5 N–H and O–H groups in total. The average Bonchev–Trinajstić information content (AvgIpc) is 2.41. The highest BCUT2D eigenvalue weighted by atomic mass is 32.2. The Bertz CT molecular complexity index is 600. The van der Waals surface area contributed by atoms with Gasteiger partial charge >= 0.3 is 6.03 Å². The zero-order chi connectivity index (χ0) is 16.7. The lowest BCUT2D eigenvalue weighted by atomic mass is 10.1. The predicted octanol–water partition coefficient (Wildman–Crippen LogP) is 0.398. The molecule has 0 unspecified atom stereocenters. The van der Waals surface area contributed by atoms with Crippen molar-refractivity contribution in [3.63, 3.8) is 0 Å². The fourth-order valence-corrected chi connectivity index (χ4v) is 2.55. The molecule has 0 spiro atoms. The van der Waals surface area contributed by atoms with Gasteiger partial charge in [-0.3, -0.25) is 9.59 Å². The van der Waals surface area contributed by atoms with Crippen LogP contribution in [0.5, 0.6) is 0 Å². The average molecular weight is 326 g/mol. The van der Waals surface area contributed by atoms with E-state index in [1.807, 2.05) is 19.2 Å². The molecule has 0 bridgehead atoms. The topological polar surface area (TPSA) is 117 Å². The molecule has 0 radical (unpaired) electrons. The van der Waals surface area contributed by atoms with Crippen LogP contribution in [0.4, 0.5) is 4.79 Å². The van der Waals surface area contributed by atoms with Gasteiger partial charge in [-0.15, -0.1) is 0 Å². The van der Waals surface area contributed by atoms with E-state index in [0.29, 0.717) is 17.7 Å². The second kappa shape index (κ2) is 8.47. The summed E-state index contributed by atoms with van der Waals surface area (Å²) < 4.78 is 0. The number of hydrogen-bond donors (Lipinski definition) is 4. The summed E-state index contributed by atoms with van der Waals surface area (Å²) in [5, 5.41) is 5.09. The quantitative estimate of drug-likeness (QED) is 0.580. The monoisotopic (exact) mass is 326 g/mol. The number of carbonyl (C=O) groups excluding carboxylic acids is 2. The molecule has 0 saturated carbocycles. The second-order valence-corrected chi connectivity index (χ2v) is 5.99. The highest BCUT2D eigenvalue weighted by Crippen LogP contribution is 2.04. The number of nitrogens with one attached hydrogen (secondary N) is 3. The first kappa shape index (κ1) is 18.1. The molecule has 0 fully saturated rings. The Morgan fingerprint density at radius 3 is 2.64 bits per heavy atom. The SMILES string of the molecule is CSCC[C@H](NC(N)=O)C(=O)NCc1c(C)cc(C)[nH]c1=O. The van der Waals surface area contributed by atoms with Gasteiger partial charge in [0, 0.05) is 17.8 Å². The zero-order valence-electron chi connectivity index (χ0n) is 13.0. The maximum absolute atomic E-state index is 12.1. The Morgan fingerprint density at radius 1 is 1.41 bits per heavy atom. The smallest absolute Gasteiger partial charge is 0.312 e. The van der Waals surface area contributed by atoms with Gasteiger partial charge in [-0.2, -0.15) is 11.8 Å². The van der Waals surface area contributed by atoms with E-state index in [-0.39, 0.29) is 18.0 Å². The highest BCUT2D eigenvalue weighted by molar-refractivity contribution is 7.98. The van der Waals surface area contributed by atoms with Gasteiger partial charge in [0.2, 0.25) is 5.91 Å². The van der Waals surface area contributed by atoms with Crippen LogP contribution in [-0.2, 0) is 11.3 Å². The maximum atomic E-state index is 12.1. The van der Waals surface area contributed by atoms with E-state index in [4.69, 9.17) is 5.73 Å². The fraction of sp³-hybridized carbons (Fsp3) is 0.500. The number of hydrogen-bond acceptors (Lipinski definition) is 4. The number of thioether (sulfide) groups is 1. The maximum Gasteiger partial charge on any atom is 0.312 e. The Hall–Kier alpha value is -1.96. The number of rotatable bonds is 7. The minimum atomic E-state index is -0.745. The zero-order valence-corrected chi connectivity index (χ0v) is 13.8. The number of aryl methyl sites for hydroxylation is 2. The van der Waals surface area contributed by atoms with Crippen molar-refractivity contribution in [1.82, 2.24) is 15.6 Å². The van der Waals surface area contributed by atoms with Crippen molar-refractivity contribution in [2.75, 3.05) is 12.0 Å². The standard InChI is InChI=1S/C14H22N4O3S/c1-8-6-9(2)17-12(19)10(8)7-16-13(20)11(4-5-22-3)18-14(15)21/h6,11H,4-5,7H2,1-3H3,(H,16,20)(H,17,19)(H3,15,18,21)/t11-/m0/s1. The van der Waals surface area contributed by atoms with Gasteiger partial charge in [-0.25, -0.2) is 4.79 Å². The second-order valence-electron chi connectivity index (χ2n) is 5.00. The minimum Gasteiger partial charge on any atom is -0.352 e. The third-order valence-electron chi connectivity index (χ3n) is 3.18. The fourth-order valence-electron chi connectivity index (χ4n) is 2.08. The molecule has 1 rings (SSSR count). The number of nitrogens with two attached hydrogens (primary N) is 1. The van der Waals surface area contributed by atoms with E-state index in [1.165, 1.54) is 0 Å². The molecular weight excluding hydrogens is 304 g/mol. The normalized spacial score (nSPS) is 11.8. The molecule has 1 atom stereocenters. The Kier molecular flexibility index (Phi) is 6.97. The first-order valence-electron chi connectivity index (χ1n) is 6.87. The van der Waals surface area contributed by atoms with Crippen molar-refractivity contribution in [3.05, 3.63) is 33.2 Å². The van der Waals surface area contributed by atoms with Gasteiger partial charge in [0.25, 0.3) is 5.56 Å². The summed E-state index contributed by atoms with van der Waals surface area (Å²) in [6, 6.07) is 0.399. The first-order valence-corrected chi connectivity index (χ1v) is 8.26.